The predicted octanol–water partition coefficient (Wildman–Crippen LogP) is -3.23. The van der Waals surface area contributed by atoms with E-state index in [0.717, 1.165) is 6.66 Å². The smallest absolute Gasteiger partial charge is 0.330 e. The third-order valence-electron chi connectivity index (χ3n) is 5.68. The topological polar surface area (TPSA) is 267 Å². The number of aliphatic hydroxyl groups is 4. The Balaban J connectivity index is 0.000000234. The molecule has 18 heteroatoms. The molecule has 2 saturated heterocycles. The standard InChI is InChI=1S/2C10H14N2O5.CH5O3P/c2*1-5-3-12(10(16)11-9(5)15)8-2-6(14)7(4-13)17-8;1-5(2,3)4/h2*3,6-8,13-14H,2,4H2,1H3,(H,11,15,16);1H3,(H2,2,3,4)/t2*6-,7+,8+;/m00./s1. The van der Waals surface area contributed by atoms with Gasteiger partial charge in [0.15, 0.2) is 0 Å². The van der Waals surface area contributed by atoms with Crippen LogP contribution in [-0.4, -0.2) is 93.6 Å². The van der Waals surface area contributed by atoms with Crippen LogP contribution in [0.2, 0.25) is 0 Å². The van der Waals surface area contributed by atoms with Crippen molar-refractivity contribution < 1.29 is 44.3 Å². The Morgan fingerprint density at radius 2 is 1.13 bits per heavy atom. The number of aromatic nitrogens is 4. The Hall–Kier alpha value is -2.73. The third-order valence-corrected chi connectivity index (χ3v) is 5.68. The van der Waals surface area contributed by atoms with Crippen molar-refractivity contribution in [2.45, 2.75) is 63.6 Å². The maximum Gasteiger partial charge on any atom is 0.330 e. The summed E-state index contributed by atoms with van der Waals surface area (Å²) in [6.07, 6.45) is -1.16. The van der Waals surface area contributed by atoms with E-state index in [1.165, 1.54) is 21.5 Å². The molecular weight excluding hydrogens is 547 g/mol. The van der Waals surface area contributed by atoms with E-state index in [9.17, 15) is 34.0 Å². The minimum absolute atomic E-state index is 0.205. The van der Waals surface area contributed by atoms with Crippen molar-refractivity contribution in [1.82, 2.24) is 19.1 Å². The predicted molar refractivity (Wildman–Crippen MR) is 133 cm³/mol. The van der Waals surface area contributed by atoms with Gasteiger partial charge in [-0.3, -0.25) is 33.3 Å². The SMILES string of the molecule is CP(=O)(O)O.Cc1cn([C@H]2C[C@H](O)[C@@H](CO)O2)c(=O)[nH]c1=O.Cc1cn([C@H]2C[C@H](O)[C@@H](CO)O2)c(=O)[nH]c1=O. The van der Waals surface area contributed by atoms with E-state index >= 15 is 0 Å². The summed E-state index contributed by atoms with van der Waals surface area (Å²) in [6.45, 7) is 3.38. The quantitative estimate of drug-likeness (QED) is 0.166. The molecule has 2 aromatic heterocycles. The zero-order valence-corrected chi connectivity index (χ0v) is 22.2. The Labute approximate surface area is 220 Å². The van der Waals surface area contributed by atoms with Crippen LogP contribution in [0.4, 0.5) is 0 Å². The van der Waals surface area contributed by atoms with Gasteiger partial charge in [-0.05, 0) is 13.8 Å². The van der Waals surface area contributed by atoms with Gasteiger partial charge in [0.05, 0.1) is 25.4 Å². The molecule has 17 nitrogen and oxygen atoms in total. The second kappa shape index (κ2) is 13.6. The molecule has 6 atom stereocenters. The Morgan fingerprint density at radius 1 is 0.821 bits per heavy atom. The lowest BCUT2D eigenvalue weighted by Gasteiger charge is -2.14. The summed E-state index contributed by atoms with van der Waals surface area (Å²) in [4.78, 5) is 65.1. The minimum Gasteiger partial charge on any atom is -0.394 e. The highest BCUT2D eigenvalue weighted by Gasteiger charge is 2.36. The van der Waals surface area contributed by atoms with Crippen molar-refractivity contribution in [2.75, 3.05) is 19.9 Å². The van der Waals surface area contributed by atoms with Crippen LogP contribution in [-0.2, 0) is 14.0 Å². The van der Waals surface area contributed by atoms with Crippen molar-refractivity contribution in [3.8, 4) is 0 Å². The molecule has 0 aromatic carbocycles. The highest BCUT2D eigenvalue weighted by Crippen LogP contribution is 2.28. The number of nitrogens with one attached hydrogen (secondary N) is 2. The Kier molecular flexibility index (Phi) is 11.3. The van der Waals surface area contributed by atoms with E-state index < -0.39 is 67.0 Å². The van der Waals surface area contributed by atoms with Crippen LogP contribution in [0.1, 0.15) is 36.4 Å². The number of rotatable bonds is 4. The zero-order valence-electron chi connectivity index (χ0n) is 21.3. The molecule has 220 valence electrons. The highest BCUT2D eigenvalue weighted by atomic mass is 31.2. The number of hydrogen-bond acceptors (Lipinski definition) is 11. The molecule has 2 aliphatic rings. The van der Waals surface area contributed by atoms with Gasteiger partial charge in [-0.1, -0.05) is 0 Å². The van der Waals surface area contributed by atoms with Gasteiger partial charge in [-0.25, -0.2) is 9.59 Å². The Bertz CT molecular complexity index is 1290. The fourth-order valence-electron chi connectivity index (χ4n) is 3.70. The maximum absolute atomic E-state index is 11.6. The molecule has 0 unspecified atom stereocenters. The van der Waals surface area contributed by atoms with E-state index in [0.29, 0.717) is 11.1 Å². The van der Waals surface area contributed by atoms with Gasteiger partial charge in [0.1, 0.15) is 24.7 Å². The van der Waals surface area contributed by atoms with Crippen LogP contribution in [0.15, 0.2) is 31.6 Å². The average molecular weight is 580 g/mol. The maximum atomic E-state index is 11.6. The molecule has 0 amide bonds. The van der Waals surface area contributed by atoms with E-state index in [1.54, 1.807) is 13.8 Å². The lowest BCUT2D eigenvalue weighted by molar-refractivity contribution is -0.0459. The summed E-state index contributed by atoms with van der Waals surface area (Å²) in [5.41, 5.74) is -1.29. The first-order valence-electron chi connectivity index (χ1n) is 11.6. The van der Waals surface area contributed by atoms with Gasteiger partial charge in [0.25, 0.3) is 11.1 Å². The molecule has 39 heavy (non-hydrogen) atoms. The summed E-state index contributed by atoms with van der Waals surface area (Å²) >= 11 is 0. The number of aliphatic hydroxyl groups excluding tert-OH is 4. The fourth-order valence-corrected chi connectivity index (χ4v) is 3.70. The first-order chi connectivity index (χ1) is 18.0. The monoisotopic (exact) mass is 580 g/mol. The van der Waals surface area contributed by atoms with Crippen LogP contribution in [0, 0.1) is 13.8 Å². The van der Waals surface area contributed by atoms with Crippen molar-refractivity contribution >= 4 is 7.60 Å². The van der Waals surface area contributed by atoms with Crippen LogP contribution < -0.4 is 22.5 Å². The average Bonchev–Trinajstić information content (AvgIpc) is 3.39. The van der Waals surface area contributed by atoms with E-state index in [1.807, 2.05) is 0 Å². The van der Waals surface area contributed by atoms with E-state index in [-0.39, 0.29) is 26.1 Å². The summed E-state index contributed by atoms with van der Waals surface area (Å²) in [5, 5.41) is 37.0. The molecule has 8 N–H and O–H groups in total. The molecule has 4 heterocycles. The third kappa shape index (κ3) is 9.16. The number of aryl methyl sites for hydroxylation is 2. The number of hydrogen-bond donors (Lipinski definition) is 8. The number of ether oxygens (including phenoxy) is 2. The molecule has 0 aliphatic carbocycles. The molecule has 0 radical (unpaired) electrons. The molecule has 4 rings (SSSR count). The Morgan fingerprint density at radius 3 is 1.38 bits per heavy atom. The van der Waals surface area contributed by atoms with Crippen LogP contribution in [0.5, 0.6) is 0 Å². The van der Waals surface area contributed by atoms with Gasteiger partial charge in [0.2, 0.25) is 0 Å². The summed E-state index contributed by atoms with van der Waals surface area (Å²) in [6, 6.07) is 0. The highest BCUT2D eigenvalue weighted by molar-refractivity contribution is 7.50. The molecule has 0 spiro atoms. The summed E-state index contributed by atoms with van der Waals surface area (Å²) < 4.78 is 22.4. The summed E-state index contributed by atoms with van der Waals surface area (Å²) in [5.74, 6) is 0. The largest absolute Gasteiger partial charge is 0.394 e. The van der Waals surface area contributed by atoms with Gasteiger partial charge in [0, 0.05) is 43.0 Å². The second-order valence-electron chi connectivity index (χ2n) is 9.02. The van der Waals surface area contributed by atoms with Crippen molar-refractivity contribution in [3.05, 3.63) is 65.2 Å². The normalized spacial score (nSPS) is 26.4. The molecular formula is C21H33N4O13P. The van der Waals surface area contributed by atoms with Crippen molar-refractivity contribution in [1.29, 1.82) is 0 Å². The zero-order chi connectivity index (χ0) is 29.7. The van der Waals surface area contributed by atoms with Crippen molar-refractivity contribution in [3.63, 3.8) is 0 Å². The lowest BCUT2D eigenvalue weighted by atomic mass is 10.2. The van der Waals surface area contributed by atoms with Crippen LogP contribution in [0.25, 0.3) is 0 Å². The number of aromatic amines is 2. The van der Waals surface area contributed by atoms with E-state index in [4.69, 9.17) is 29.5 Å². The lowest BCUT2D eigenvalue weighted by Crippen LogP contribution is -2.33. The van der Waals surface area contributed by atoms with Gasteiger partial charge >= 0.3 is 19.0 Å². The van der Waals surface area contributed by atoms with E-state index in [2.05, 4.69) is 9.97 Å². The molecule has 2 fully saturated rings. The van der Waals surface area contributed by atoms with Crippen LogP contribution in [0.3, 0.4) is 0 Å². The number of nitrogens with zero attached hydrogens (tertiary/aromatic N) is 2. The van der Waals surface area contributed by atoms with Crippen LogP contribution >= 0.6 is 7.60 Å². The molecule has 0 bridgehead atoms. The molecule has 2 aliphatic heterocycles. The van der Waals surface area contributed by atoms with Crippen molar-refractivity contribution in [2.24, 2.45) is 0 Å². The second-order valence-corrected chi connectivity index (χ2v) is 10.7. The number of H-pyrrole nitrogens is 2. The van der Waals surface area contributed by atoms with Gasteiger partial charge in [-0.2, -0.15) is 0 Å². The fraction of sp³-hybridized carbons (Fsp3) is 0.619. The van der Waals surface area contributed by atoms with Gasteiger partial charge in [-0.15, -0.1) is 0 Å². The molecule has 2 aromatic rings. The summed E-state index contributed by atoms with van der Waals surface area (Å²) in [7, 11) is -3.64. The minimum atomic E-state index is -3.64. The first kappa shape index (κ1) is 32.5. The first-order valence-corrected chi connectivity index (χ1v) is 13.7. The molecule has 0 saturated carbocycles. The van der Waals surface area contributed by atoms with Gasteiger partial charge < -0.3 is 39.7 Å².